The Morgan fingerprint density at radius 2 is 1.76 bits per heavy atom. The van der Waals surface area contributed by atoms with Crippen molar-refractivity contribution in [2.24, 2.45) is 5.92 Å². The van der Waals surface area contributed by atoms with E-state index in [1.807, 2.05) is 44.2 Å². The molecule has 3 atom stereocenters. The van der Waals surface area contributed by atoms with Crippen LogP contribution in [0.2, 0.25) is 0 Å². The van der Waals surface area contributed by atoms with Gasteiger partial charge in [0.1, 0.15) is 18.2 Å². The zero-order valence-electron chi connectivity index (χ0n) is 19.4. The fourth-order valence-corrected chi connectivity index (χ4v) is 5.81. The van der Waals surface area contributed by atoms with E-state index < -0.39 is 36.0 Å². The van der Waals surface area contributed by atoms with Crippen LogP contribution < -0.4 is 16.0 Å². The van der Waals surface area contributed by atoms with Crippen LogP contribution in [0.3, 0.4) is 0 Å². The van der Waals surface area contributed by atoms with Crippen LogP contribution in [0.25, 0.3) is 0 Å². The normalized spacial score (nSPS) is 26.4. The topological polar surface area (TPSA) is 114 Å². The summed E-state index contributed by atoms with van der Waals surface area (Å²) in [5.41, 5.74) is 1.53. The van der Waals surface area contributed by atoms with Gasteiger partial charge in [-0.05, 0) is 29.5 Å². The van der Waals surface area contributed by atoms with Gasteiger partial charge in [0.25, 0.3) is 0 Å². The number of allylic oxidation sites excluding steroid dienone is 1. The molecule has 0 radical (unpaired) electrons. The van der Waals surface area contributed by atoms with Crippen LogP contribution in [0.1, 0.15) is 37.8 Å². The molecule has 0 saturated carbocycles. The molecule has 0 spiro atoms. The summed E-state index contributed by atoms with van der Waals surface area (Å²) in [5, 5.41) is 8.49. The Hall–Kier alpha value is -2.46. The molecule has 8 nitrogen and oxygen atoms in total. The van der Waals surface area contributed by atoms with Gasteiger partial charge in [-0.3, -0.25) is 19.2 Å². The Balaban J connectivity index is 1.98. The summed E-state index contributed by atoms with van der Waals surface area (Å²) >= 11 is 0. The summed E-state index contributed by atoms with van der Waals surface area (Å²) < 4.78 is 5.65. The fraction of sp³-hybridized carbons (Fsp3) is 0.500. The molecule has 0 saturated heterocycles. The van der Waals surface area contributed by atoms with Crippen molar-refractivity contribution < 1.29 is 23.9 Å². The van der Waals surface area contributed by atoms with Crippen molar-refractivity contribution in [2.75, 3.05) is 11.5 Å². The lowest BCUT2D eigenvalue weighted by Crippen LogP contribution is -2.56. The number of carbonyl (C=O) groups excluding carboxylic acids is 4. The quantitative estimate of drug-likeness (QED) is 0.304. The fourth-order valence-electron chi connectivity index (χ4n) is 3.66. The molecule has 0 unspecified atom stereocenters. The molecule has 2 aliphatic heterocycles. The van der Waals surface area contributed by atoms with E-state index in [-0.39, 0.29) is 31.2 Å². The molecule has 10 heteroatoms. The second kappa shape index (κ2) is 12.9. The molecular formula is C24H31N3O5S2. The van der Waals surface area contributed by atoms with Gasteiger partial charge >= 0.3 is 5.97 Å². The molecule has 184 valence electrons. The number of hydrogen-bond acceptors (Lipinski definition) is 7. The van der Waals surface area contributed by atoms with Gasteiger partial charge in [-0.15, -0.1) is 0 Å². The van der Waals surface area contributed by atoms with Crippen LogP contribution in [0.4, 0.5) is 0 Å². The monoisotopic (exact) mass is 505 g/mol. The van der Waals surface area contributed by atoms with Gasteiger partial charge in [0.05, 0.1) is 12.8 Å². The maximum Gasteiger partial charge on any atom is 0.310 e. The predicted octanol–water partition coefficient (Wildman–Crippen LogP) is 2.13. The average molecular weight is 506 g/mol. The van der Waals surface area contributed by atoms with Crippen LogP contribution in [0.5, 0.6) is 0 Å². The summed E-state index contributed by atoms with van der Waals surface area (Å²) in [5.74, 6) is -0.633. The van der Waals surface area contributed by atoms with Gasteiger partial charge in [-0.1, -0.05) is 65.8 Å². The minimum absolute atomic E-state index is 0.0263. The molecule has 0 aliphatic carbocycles. The third kappa shape index (κ3) is 7.80. The number of fused-ring (bicyclic) bond motifs is 8. The zero-order valence-corrected chi connectivity index (χ0v) is 21.0. The van der Waals surface area contributed by atoms with Gasteiger partial charge in [-0.2, -0.15) is 0 Å². The van der Waals surface area contributed by atoms with Crippen molar-refractivity contribution in [3.8, 4) is 0 Å². The van der Waals surface area contributed by atoms with Gasteiger partial charge in [0, 0.05) is 18.1 Å². The van der Waals surface area contributed by atoms with Gasteiger partial charge in [0.2, 0.25) is 17.7 Å². The standard InChI is InChI=1S/C24H31N3O5S2/c1-15(2)22-24(31)26-19-14-34-33-10-6-5-9-18(12-20(28)27-22)32-21(29)11-16-7-3-4-8-17(16)13-25-23(19)30/h3-5,7-9,15,18-19,22H,6,10-14H2,1-2H3,(H,25,30)(H,26,31)(H,27,28)/b9-5+/t18-,19-,22-/m1/s1. The van der Waals surface area contributed by atoms with Crippen LogP contribution in [-0.2, 0) is 36.9 Å². The number of amides is 3. The Morgan fingerprint density at radius 3 is 2.53 bits per heavy atom. The molecule has 1 aromatic rings. The van der Waals surface area contributed by atoms with E-state index in [0.717, 1.165) is 16.9 Å². The summed E-state index contributed by atoms with van der Waals surface area (Å²) in [6, 6.07) is 5.74. The number of hydrogen-bond donors (Lipinski definition) is 3. The first-order valence-corrected chi connectivity index (χ1v) is 13.9. The molecule has 3 amide bonds. The second-order valence-corrected chi connectivity index (χ2v) is 11.2. The first kappa shape index (κ1) is 26.2. The minimum atomic E-state index is -0.820. The highest BCUT2D eigenvalue weighted by Crippen LogP contribution is 2.24. The summed E-state index contributed by atoms with van der Waals surface area (Å²) in [4.78, 5) is 51.7. The van der Waals surface area contributed by atoms with Crippen LogP contribution in [-0.4, -0.2) is 53.4 Å². The van der Waals surface area contributed by atoms with E-state index in [4.69, 9.17) is 4.74 Å². The van der Waals surface area contributed by atoms with Crippen molar-refractivity contribution in [3.05, 3.63) is 47.5 Å². The molecule has 3 rings (SSSR count). The highest BCUT2D eigenvalue weighted by molar-refractivity contribution is 8.76. The van der Waals surface area contributed by atoms with Gasteiger partial charge < -0.3 is 20.7 Å². The number of nitrogens with one attached hydrogen (secondary N) is 3. The lowest BCUT2D eigenvalue weighted by molar-refractivity contribution is -0.147. The molecule has 34 heavy (non-hydrogen) atoms. The van der Waals surface area contributed by atoms with Crippen molar-refractivity contribution in [1.82, 2.24) is 16.0 Å². The highest BCUT2D eigenvalue weighted by atomic mass is 33.1. The molecule has 3 N–H and O–H groups in total. The lowest BCUT2D eigenvalue weighted by Gasteiger charge is -2.26. The minimum Gasteiger partial charge on any atom is -0.457 e. The number of benzene rings is 1. The predicted molar refractivity (Wildman–Crippen MR) is 134 cm³/mol. The first-order chi connectivity index (χ1) is 16.3. The number of rotatable bonds is 1. The van der Waals surface area contributed by atoms with Gasteiger partial charge in [0.15, 0.2) is 0 Å². The lowest BCUT2D eigenvalue weighted by atomic mass is 10.0. The first-order valence-electron chi connectivity index (χ1n) is 11.4. The summed E-state index contributed by atoms with van der Waals surface area (Å²) in [6.45, 7) is 3.87. The van der Waals surface area contributed by atoms with Gasteiger partial charge in [-0.25, -0.2) is 0 Å². The molecular weight excluding hydrogens is 474 g/mol. The Kier molecular flexibility index (Phi) is 9.88. The van der Waals surface area contributed by atoms with E-state index >= 15 is 0 Å². The second-order valence-electron chi connectivity index (χ2n) is 8.57. The molecule has 0 aromatic heterocycles. The Labute approximate surface area is 207 Å². The van der Waals surface area contributed by atoms with Crippen LogP contribution >= 0.6 is 21.6 Å². The average Bonchev–Trinajstić information content (AvgIpc) is 2.79. The van der Waals surface area contributed by atoms with Crippen molar-refractivity contribution in [1.29, 1.82) is 0 Å². The molecule has 0 fully saturated rings. The third-order valence-corrected chi connectivity index (χ3v) is 7.96. The third-order valence-electron chi connectivity index (χ3n) is 5.51. The SMILES string of the molecule is CC(C)[C@H]1NC(=O)C[C@H]2/C=C/CCSSC[C@@H](NC1=O)C(=O)NCc1ccccc1CC(=O)O2. The molecule has 2 aliphatic rings. The summed E-state index contributed by atoms with van der Waals surface area (Å²) in [6.07, 6.45) is 3.56. The molecule has 2 bridgehead atoms. The molecule has 1 aromatic carbocycles. The Morgan fingerprint density at radius 1 is 1.00 bits per heavy atom. The Bertz CT molecular complexity index is 937. The van der Waals surface area contributed by atoms with E-state index in [2.05, 4.69) is 16.0 Å². The maximum absolute atomic E-state index is 13.1. The van der Waals surface area contributed by atoms with Crippen molar-refractivity contribution >= 4 is 45.3 Å². The van der Waals surface area contributed by atoms with E-state index in [1.54, 1.807) is 16.9 Å². The number of ether oxygens (including phenoxy) is 1. The smallest absolute Gasteiger partial charge is 0.310 e. The van der Waals surface area contributed by atoms with E-state index in [9.17, 15) is 19.2 Å². The number of carbonyl (C=O) groups is 4. The molecule has 2 heterocycles. The maximum atomic E-state index is 13.1. The van der Waals surface area contributed by atoms with E-state index in [0.29, 0.717) is 12.2 Å². The summed E-state index contributed by atoms with van der Waals surface area (Å²) in [7, 11) is 3.11. The van der Waals surface area contributed by atoms with Crippen molar-refractivity contribution in [3.63, 3.8) is 0 Å². The zero-order chi connectivity index (χ0) is 24.5. The largest absolute Gasteiger partial charge is 0.457 e. The van der Waals surface area contributed by atoms with E-state index in [1.165, 1.54) is 10.8 Å². The van der Waals surface area contributed by atoms with Crippen molar-refractivity contribution in [2.45, 2.75) is 57.8 Å². The van der Waals surface area contributed by atoms with Crippen LogP contribution in [0.15, 0.2) is 36.4 Å². The van der Waals surface area contributed by atoms with Crippen LogP contribution in [0, 0.1) is 5.92 Å². The highest BCUT2D eigenvalue weighted by Gasteiger charge is 2.30. The number of esters is 1.